The van der Waals surface area contributed by atoms with Gasteiger partial charge in [-0.25, -0.2) is 4.68 Å². The van der Waals surface area contributed by atoms with Crippen LogP contribution in [0.15, 0.2) is 66.9 Å². The average Bonchev–Trinajstić information content (AvgIpc) is 3.40. The van der Waals surface area contributed by atoms with E-state index in [4.69, 9.17) is 5.10 Å². The molecule has 2 aromatic heterocycles. The summed E-state index contributed by atoms with van der Waals surface area (Å²) in [5.41, 5.74) is 4.50. The fourth-order valence-corrected chi connectivity index (χ4v) is 3.63. The molecule has 0 fully saturated rings. The lowest BCUT2D eigenvalue weighted by Crippen LogP contribution is -2.23. The van der Waals surface area contributed by atoms with Crippen molar-refractivity contribution >= 4 is 17.4 Å². The summed E-state index contributed by atoms with van der Waals surface area (Å²) in [4.78, 5) is 13.1. The highest BCUT2D eigenvalue weighted by molar-refractivity contribution is 7.08. The molecule has 0 bridgehead atoms. The molecule has 0 aliphatic heterocycles. The summed E-state index contributed by atoms with van der Waals surface area (Å²) < 4.78 is 5.74. The third kappa shape index (κ3) is 3.70. The van der Waals surface area contributed by atoms with Gasteiger partial charge in [0.05, 0.1) is 17.1 Å². The first-order valence-electron chi connectivity index (χ1n) is 9.05. The van der Waals surface area contributed by atoms with Gasteiger partial charge in [-0.2, -0.15) is 5.10 Å². The molecule has 0 aliphatic rings. The number of aromatic nitrogens is 4. The second-order valence-electron chi connectivity index (χ2n) is 6.23. The maximum Gasteiger partial charge on any atom is 0.265 e. The zero-order valence-electron chi connectivity index (χ0n) is 15.4. The number of carbonyl (C=O) groups excluding carboxylic acids is 1. The van der Waals surface area contributed by atoms with Gasteiger partial charge in [-0.15, -0.1) is 5.10 Å². The number of rotatable bonds is 6. The van der Waals surface area contributed by atoms with Gasteiger partial charge >= 0.3 is 0 Å². The highest BCUT2D eigenvalue weighted by Gasteiger charge is 2.17. The summed E-state index contributed by atoms with van der Waals surface area (Å²) in [7, 11) is 0. The number of nitrogens with one attached hydrogen (secondary N) is 1. The fraction of sp³-hybridized carbons (Fsp3) is 0.143. The van der Waals surface area contributed by atoms with E-state index >= 15 is 0 Å². The summed E-state index contributed by atoms with van der Waals surface area (Å²) in [6.45, 7) is 2.34. The van der Waals surface area contributed by atoms with Crippen molar-refractivity contribution in [2.75, 3.05) is 0 Å². The highest BCUT2D eigenvalue weighted by Crippen LogP contribution is 2.24. The SMILES string of the molecule is CCc1nnsc1C(=O)NCc1cn(-c2ccccc2)nc1-c1ccccc1. The van der Waals surface area contributed by atoms with Gasteiger partial charge in [0, 0.05) is 23.9 Å². The smallest absolute Gasteiger partial charge is 0.265 e. The van der Waals surface area contributed by atoms with Crippen LogP contribution in [0.25, 0.3) is 16.9 Å². The van der Waals surface area contributed by atoms with E-state index in [0.29, 0.717) is 17.8 Å². The molecule has 0 spiro atoms. The van der Waals surface area contributed by atoms with Gasteiger partial charge in [0.2, 0.25) is 0 Å². The molecule has 0 unspecified atom stereocenters. The number of hydrogen-bond donors (Lipinski definition) is 1. The fourth-order valence-electron chi connectivity index (χ4n) is 2.96. The van der Waals surface area contributed by atoms with Crippen molar-refractivity contribution in [3.63, 3.8) is 0 Å². The number of aryl methyl sites for hydroxylation is 1. The summed E-state index contributed by atoms with van der Waals surface area (Å²) in [5, 5.41) is 11.8. The molecule has 140 valence electrons. The van der Waals surface area contributed by atoms with Crippen LogP contribution < -0.4 is 5.32 Å². The molecule has 4 aromatic rings. The van der Waals surface area contributed by atoms with E-state index in [1.165, 1.54) is 0 Å². The largest absolute Gasteiger partial charge is 0.347 e. The Hall–Kier alpha value is -3.32. The van der Waals surface area contributed by atoms with Crippen LogP contribution in [-0.4, -0.2) is 25.3 Å². The molecule has 4 rings (SSSR count). The summed E-state index contributed by atoms with van der Waals surface area (Å²) >= 11 is 1.13. The van der Waals surface area contributed by atoms with E-state index in [1.54, 1.807) is 0 Å². The topological polar surface area (TPSA) is 72.7 Å². The average molecular weight is 389 g/mol. The number of benzene rings is 2. The van der Waals surface area contributed by atoms with Crippen LogP contribution in [0.4, 0.5) is 0 Å². The second-order valence-corrected chi connectivity index (χ2v) is 6.99. The van der Waals surface area contributed by atoms with Crippen LogP contribution in [-0.2, 0) is 13.0 Å². The van der Waals surface area contributed by atoms with E-state index in [9.17, 15) is 4.79 Å². The molecule has 0 saturated carbocycles. The van der Waals surface area contributed by atoms with Crippen molar-refractivity contribution in [1.82, 2.24) is 24.7 Å². The quantitative estimate of drug-likeness (QED) is 0.543. The van der Waals surface area contributed by atoms with Crippen LogP contribution in [0.1, 0.15) is 27.9 Å². The van der Waals surface area contributed by atoms with E-state index in [-0.39, 0.29) is 5.91 Å². The van der Waals surface area contributed by atoms with Crippen molar-refractivity contribution < 1.29 is 4.79 Å². The predicted molar refractivity (Wildman–Crippen MR) is 109 cm³/mol. The van der Waals surface area contributed by atoms with Crippen LogP contribution in [0.3, 0.4) is 0 Å². The Bertz CT molecular complexity index is 1070. The number of carbonyl (C=O) groups is 1. The normalized spacial score (nSPS) is 10.8. The Morgan fingerprint density at radius 1 is 1.07 bits per heavy atom. The first-order chi connectivity index (χ1) is 13.8. The molecular formula is C21H19N5OS. The van der Waals surface area contributed by atoms with Crippen molar-refractivity contribution in [2.24, 2.45) is 0 Å². The zero-order valence-corrected chi connectivity index (χ0v) is 16.2. The lowest BCUT2D eigenvalue weighted by atomic mass is 10.1. The number of hydrogen-bond acceptors (Lipinski definition) is 5. The number of nitrogens with zero attached hydrogens (tertiary/aromatic N) is 4. The molecule has 6 nitrogen and oxygen atoms in total. The lowest BCUT2D eigenvalue weighted by Gasteiger charge is -2.05. The Labute approximate surface area is 167 Å². The van der Waals surface area contributed by atoms with Gasteiger partial charge in [0.1, 0.15) is 4.88 Å². The Morgan fingerprint density at radius 3 is 2.50 bits per heavy atom. The molecule has 2 heterocycles. The third-order valence-corrected chi connectivity index (χ3v) is 5.16. The van der Waals surface area contributed by atoms with Crippen LogP contribution in [0.5, 0.6) is 0 Å². The third-order valence-electron chi connectivity index (χ3n) is 4.39. The predicted octanol–water partition coefficient (Wildman–Crippen LogP) is 3.88. The van der Waals surface area contributed by atoms with E-state index in [1.807, 2.05) is 78.5 Å². The summed E-state index contributed by atoms with van der Waals surface area (Å²) in [6.07, 6.45) is 2.64. The van der Waals surface area contributed by atoms with Crippen molar-refractivity contribution in [3.05, 3.63) is 83.0 Å². The summed E-state index contributed by atoms with van der Waals surface area (Å²) in [5.74, 6) is -0.154. The Kier molecular flexibility index (Phi) is 5.25. The maximum absolute atomic E-state index is 12.6. The Morgan fingerprint density at radius 2 is 1.79 bits per heavy atom. The standard InChI is InChI=1S/C21H19N5OS/c1-2-18-20(28-25-23-18)21(27)22-13-16-14-26(17-11-7-4-8-12-17)24-19(16)15-9-5-3-6-10-15/h3-12,14H,2,13H2,1H3,(H,22,27). The van der Waals surface area contributed by atoms with Crippen molar-refractivity contribution in [3.8, 4) is 16.9 Å². The molecule has 0 aliphatic carbocycles. The minimum Gasteiger partial charge on any atom is -0.347 e. The first-order valence-corrected chi connectivity index (χ1v) is 9.82. The molecule has 0 radical (unpaired) electrons. The number of amides is 1. The van der Waals surface area contributed by atoms with Gasteiger partial charge in [-0.1, -0.05) is 59.9 Å². The number of para-hydroxylation sites is 1. The molecule has 7 heteroatoms. The molecule has 0 saturated heterocycles. The van der Waals surface area contributed by atoms with E-state index < -0.39 is 0 Å². The molecule has 1 amide bonds. The highest BCUT2D eigenvalue weighted by atomic mass is 32.1. The lowest BCUT2D eigenvalue weighted by molar-refractivity contribution is 0.0954. The molecule has 1 N–H and O–H groups in total. The summed E-state index contributed by atoms with van der Waals surface area (Å²) in [6, 6.07) is 19.9. The molecule has 2 aromatic carbocycles. The van der Waals surface area contributed by atoms with Crippen LogP contribution in [0, 0.1) is 0 Å². The Balaban J connectivity index is 1.63. The molecule has 0 atom stereocenters. The van der Waals surface area contributed by atoms with Crippen molar-refractivity contribution in [2.45, 2.75) is 19.9 Å². The van der Waals surface area contributed by atoms with Gasteiger partial charge in [-0.3, -0.25) is 4.79 Å². The maximum atomic E-state index is 12.6. The monoisotopic (exact) mass is 389 g/mol. The second kappa shape index (κ2) is 8.14. The zero-order chi connectivity index (χ0) is 19.3. The van der Waals surface area contributed by atoms with Gasteiger partial charge < -0.3 is 5.32 Å². The van der Waals surface area contributed by atoms with Gasteiger partial charge in [-0.05, 0) is 30.1 Å². The van der Waals surface area contributed by atoms with E-state index in [2.05, 4.69) is 14.9 Å². The molecular weight excluding hydrogens is 370 g/mol. The minimum atomic E-state index is -0.154. The van der Waals surface area contributed by atoms with Gasteiger partial charge in [0.15, 0.2) is 0 Å². The first kappa shape index (κ1) is 18.1. The van der Waals surface area contributed by atoms with E-state index in [0.717, 1.165) is 39.7 Å². The van der Waals surface area contributed by atoms with Crippen LogP contribution in [0.2, 0.25) is 0 Å². The molecule has 28 heavy (non-hydrogen) atoms. The van der Waals surface area contributed by atoms with Crippen LogP contribution >= 0.6 is 11.5 Å². The van der Waals surface area contributed by atoms with Crippen molar-refractivity contribution in [1.29, 1.82) is 0 Å². The minimum absolute atomic E-state index is 0.154. The van der Waals surface area contributed by atoms with Gasteiger partial charge in [0.25, 0.3) is 5.91 Å².